The van der Waals surface area contributed by atoms with E-state index in [9.17, 15) is 13.2 Å². The lowest BCUT2D eigenvalue weighted by Crippen LogP contribution is -2.47. The third-order valence-electron chi connectivity index (χ3n) is 6.43. The summed E-state index contributed by atoms with van der Waals surface area (Å²) in [5, 5.41) is 0. The number of amides is 1. The van der Waals surface area contributed by atoms with Crippen LogP contribution >= 0.6 is 0 Å². The Hall–Kier alpha value is -1.48. The number of benzene rings is 1. The average Bonchev–Trinajstić information content (AvgIpc) is 3.52. The van der Waals surface area contributed by atoms with Crippen molar-refractivity contribution in [3.05, 3.63) is 23.8 Å². The lowest BCUT2D eigenvalue weighted by atomic mass is 10.0. The monoisotopic (exact) mass is 420 g/mol. The highest BCUT2D eigenvalue weighted by molar-refractivity contribution is 7.89. The van der Waals surface area contributed by atoms with Gasteiger partial charge in [-0.25, -0.2) is 8.42 Å². The number of carbonyl (C=O) groups excluding carboxylic acids is 1. The van der Waals surface area contributed by atoms with Crippen molar-refractivity contribution >= 4 is 21.6 Å². The topological polar surface area (TPSA) is 76.1 Å². The van der Waals surface area contributed by atoms with Crippen LogP contribution in [0.4, 0.5) is 5.69 Å². The fraction of sp³-hybridized carbons (Fsp3) is 0.667. The van der Waals surface area contributed by atoms with E-state index in [1.165, 1.54) is 0 Å². The number of rotatable bonds is 4. The third kappa shape index (κ3) is 3.21. The summed E-state index contributed by atoms with van der Waals surface area (Å²) >= 11 is 0. The van der Waals surface area contributed by atoms with Gasteiger partial charge in [0.05, 0.1) is 23.8 Å². The van der Waals surface area contributed by atoms with Crippen LogP contribution in [0.15, 0.2) is 23.1 Å². The zero-order valence-corrected chi connectivity index (χ0v) is 17.6. The summed E-state index contributed by atoms with van der Waals surface area (Å²) in [6, 6.07) is 4.99. The van der Waals surface area contributed by atoms with Crippen LogP contribution in [0.25, 0.3) is 0 Å². The Kier molecular flexibility index (Phi) is 4.73. The van der Waals surface area contributed by atoms with Gasteiger partial charge in [0.15, 0.2) is 0 Å². The van der Waals surface area contributed by atoms with Crippen LogP contribution in [0, 0.1) is 11.8 Å². The minimum Gasteiger partial charge on any atom is -0.338 e. The molecule has 0 radical (unpaired) electrons. The zero-order valence-electron chi connectivity index (χ0n) is 16.8. The Morgan fingerprint density at radius 2 is 1.90 bits per heavy atom. The van der Waals surface area contributed by atoms with Crippen LogP contribution in [-0.2, 0) is 30.1 Å². The van der Waals surface area contributed by atoms with Crippen LogP contribution in [0.5, 0.6) is 0 Å². The first-order valence-electron chi connectivity index (χ1n) is 10.7. The summed E-state index contributed by atoms with van der Waals surface area (Å²) in [7, 11) is -3.63. The van der Waals surface area contributed by atoms with Crippen LogP contribution in [0.3, 0.4) is 0 Å². The maximum atomic E-state index is 13.3. The maximum absolute atomic E-state index is 13.3. The van der Waals surface area contributed by atoms with E-state index in [0.717, 1.165) is 37.8 Å². The third-order valence-corrected chi connectivity index (χ3v) is 8.30. The van der Waals surface area contributed by atoms with Gasteiger partial charge in [-0.15, -0.1) is 0 Å². The maximum Gasteiger partial charge on any atom is 0.292 e. The molecule has 4 aliphatic rings. The molecule has 1 amide bonds. The summed E-state index contributed by atoms with van der Waals surface area (Å²) < 4.78 is 40.0. The molecular weight excluding hydrogens is 392 g/mol. The van der Waals surface area contributed by atoms with Gasteiger partial charge in [0.1, 0.15) is 0 Å². The first-order chi connectivity index (χ1) is 13.9. The first-order valence-corrected chi connectivity index (χ1v) is 12.1. The van der Waals surface area contributed by atoms with Crippen molar-refractivity contribution < 1.29 is 22.7 Å². The van der Waals surface area contributed by atoms with Gasteiger partial charge in [-0.1, -0.05) is 6.92 Å². The molecule has 1 aromatic carbocycles. The average molecular weight is 421 g/mol. The van der Waals surface area contributed by atoms with Crippen molar-refractivity contribution in [1.29, 1.82) is 0 Å². The van der Waals surface area contributed by atoms with Gasteiger partial charge in [0, 0.05) is 25.2 Å². The van der Waals surface area contributed by atoms with Gasteiger partial charge >= 0.3 is 0 Å². The Labute approximate surface area is 172 Å². The second kappa shape index (κ2) is 7.04. The SMILES string of the molecule is CC1CCCN(S(=O)(=O)c2ccc3c(c2)C2(OCCCO2)C(=O)N3CC2CC2)C1. The number of ether oxygens (including phenoxy) is 2. The Morgan fingerprint density at radius 1 is 1.14 bits per heavy atom. The van der Waals surface area contributed by atoms with E-state index in [-0.39, 0.29) is 10.8 Å². The molecule has 0 N–H and O–H groups in total. The number of fused-ring (bicyclic) bond motifs is 2. The number of hydrogen-bond acceptors (Lipinski definition) is 5. The van der Waals surface area contributed by atoms with E-state index in [4.69, 9.17) is 9.47 Å². The molecule has 7 nitrogen and oxygen atoms in total. The largest absolute Gasteiger partial charge is 0.338 e. The molecule has 1 aliphatic carbocycles. The Morgan fingerprint density at radius 3 is 2.59 bits per heavy atom. The van der Waals surface area contributed by atoms with E-state index in [1.54, 1.807) is 27.4 Å². The van der Waals surface area contributed by atoms with Crippen LogP contribution in [0.1, 0.15) is 44.6 Å². The van der Waals surface area contributed by atoms with Crippen molar-refractivity contribution in [2.24, 2.45) is 11.8 Å². The summed E-state index contributed by atoms with van der Waals surface area (Å²) in [6.07, 6.45) is 4.87. The highest BCUT2D eigenvalue weighted by atomic mass is 32.2. The van der Waals surface area contributed by atoms with Gasteiger partial charge in [-0.2, -0.15) is 4.31 Å². The molecule has 3 heterocycles. The van der Waals surface area contributed by atoms with E-state index in [2.05, 4.69) is 6.92 Å². The molecule has 158 valence electrons. The molecule has 29 heavy (non-hydrogen) atoms. The lowest BCUT2D eigenvalue weighted by molar-refractivity contribution is -0.256. The van der Waals surface area contributed by atoms with Crippen molar-refractivity contribution in [2.45, 2.75) is 49.7 Å². The molecule has 1 saturated carbocycles. The van der Waals surface area contributed by atoms with Gasteiger partial charge < -0.3 is 14.4 Å². The molecule has 0 bridgehead atoms. The second-order valence-corrected chi connectivity index (χ2v) is 10.8. The summed E-state index contributed by atoms with van der Waals surface area (Å²) in [4.78, 5) is 15.3. The molecular formula is C21H28N2O5S. The quantitative estimate of drug-likeness (QED) is 0.748. The molecule has 1 spiro atoms. The fourth-order valence-electron chi connectivity index (χ4n) is 4.64. The number of carbonyl (C=O) groups is 1. The molecule has 3 fully saturated rings. The smallest absolute Gasteiger partial charge is 0.292 e. The van der Waals surface area contributed by atoms with Crippen molar-refractivity contribution in [3.63, 3.8) is 0 Å². The molecule has 1 atom stereocenters. The predicted octanol–water partition coefficient (Wildman–Crippen LogP) is 2.45. The van der Waals surface area contributed by atoms with E-state index in [0.29, 0.717) is 50.2 Å². The molecule has 8 heteroatoms. The number of anilines is 1. The summed E-state index contributed by atoms with van der Waals surface area (Å²) in [6.45, 7) is 4.62. The van der Waals surface area contributed by atoms with Crippen molar-refractivity contribution in [2.75, 3.05) is 37.7 Å². The standard InChI is InChI=1S/C21H28N2O5S/c1-15-4-2-9-22(13-15)29(25,26)17-7-8-19-18(12-17)21(27-10-3-11-28-21)20(24)23(19)14-16-5-6-16/h7-8,12,15-16H,2-6,9-11,13-14H2,1H3. The predicted molar refractivity (Wildman–Crippen MR) is 107 cm³/mol. The van der Waals surface area contributed by atoms with Crippen molar-refractivity contribution in [3.8, 4) is 0 Å². The molecule has 0 aromatic heterocycles. The first kappa shape index (κ1) is 19.5. The summed E-state index contributed by atoms with van der Waals surface area (Å²) in [5.74, 6) is -0.868. The second-order valence-electron chi connectivity index (χ2n) is 8.82. The van der Waals surface area contributed by atoms with Crippen molar-refractivity contribution in [1.82, 2.24) is 4.31 Å². The van der Waals surface area contributed by atoms with Gasteiger partial charge in [0.25, 0.3) is 11.7 Å². The summed E-state index contributed by atoms with van der Waals surface area (Å²) in [5.41, 5.74) is 1.25. The van der Waals surface area contributed by atoms with E-state index >= 15 is 0 Å². The Bertz CT molecular complexity index is 921. The van der Waals surface area contributed by atoms with Gasteiger partial charge in [-0.05, 0) is 62.1 Å². The normalized spacial score (nSPS) is 27.4. The highest BCUT2D eigenvalue weighted by Crippen LogP contribution is 2.47. The van der Waals surface area contributed by atoms with Gasteiger partial charge in [0.2, 0.25) is 10.0 Å². The number of sulfonamides is 1. The zero-order chi connectivity index (χ0) is 20.2. The molecule has 3 aliphatic heterocycles. The van der Waals surface area contributed by atoms with Crippen LogP contribution in [-0.4, -0.2) is 51.5 Å². The lowest BCUT2D eigenvalue weighted by Gasteiger charge is -2.33. The molecule has 5 rings (SSSR count). The number of nitrogens with zero attached hydrogens (tertiary/aromatic N) is 2. The van der Waals surface area contributed by atoms with Gasteiger partial charge in [-0.3, -0.25) is 4.79 Å². The molecule has 2 saturated heterocycles. The minimum atomic E-state index is -3.63. The fourth-order valence-corrected chi connectivity index (χ4v) is 6.27. The molecule has 1 unspecified atom stereocenters. The number of piperidine rings is 1. The highest BCUT2D eigenvalue weighted by Gasteiger charge is 2.56. The van der Waals surface area contributed by atoms with E-state index < -0.39 is 15.8 Å². The van der Waals surface area contributed by atoms with Crippen LogP contribution < -0.4 is 4.90 Å². The molecule has 1 aromatic rings. The number of hydrogen-bond donors (Lipinski definition) is 0. The minimum absolute atomic E-state index is 0.212. The van der Waals surface area contributed by atoms with Crippen LogP contribution in [0.2, 0.25) is 0 Å². The van der Waals surface area contributed by atoms with E-state index in [1.807, 2.05) is 0 Å². The Balaban J connectivity index is 1.55.